The van der Waals surface area contributed by atoms with Crippen LogP contribution in [0.1, 0.15) is 5.56 Å². The lowest BCUT2D eigenvalue weighted by Gasteiger charge is -2.06. The van der Waals surface area contributed by atoms with Crippen molar-refractivity contribution in [2.45, 2.75) is 13.0 Å². The summed E-state index contributed by atoms with van der Waals surface area (Å²) in [5, 5.41) is 2.31. The van der Waals surface area contributed by atoms with Gasteiger partial charge in [0, 0.05) is 0 Å². The Kier molecular flexibility index (Phi) is 3.36. The molecule has 0 atom stereocenters. The molecule has 0 bridgehead atoms. The van der Waals surface area contributed by atoms with Crippen molar-refractivity contribution in [2.24, 2.45) is 0 Å². The third-order valence-electron chi connectivity index (χ3n) is 2.52. The molecule has 0 aliphatic heterocycles. The van der Waals surface area contributed by atoms with Crippen LogP contribution in [0.3, 0.4) is 0 Å². The van der Waals surface area contributed by atoms with Gasteiger partial charge in [0.1, 0.15) is 0 Å². The Morgan fingerprint density at radius 2 is 1.94 bits per heavy atom. The second-order valence-electron chi connectivity index (χ2n) is 3.62. The smallest absolute Gasteiger partial charge is 0.296 e. The van der Waals surface area contributed by atoms with E-state index in [9.17, 15) is 4.79 Å². The first-order chi connectivity index (χ1) is 7.81. The van der Waals surface area contributed by atoms with E-state index >= 15 is 0 Å². The normalized spacial score (nSPS) is 11.1. The summed E-state index contributed by atoms with van der Waals surface area (Å²) in [6.07, 6.45) is 0.377. The third-order valence-corrected chi connectivity index (χ3v) is 3.13. The molecule has 0 radical (unpaired) electrons. The number of benzene rings is 2. The highest BCUT2D eigenvalue weighted by Gasteiger charge is 2.06. The van der Waals surface area contributed by atoms with E-state index in [1.165, 1.54) is 5.39 Å². The number of hydrogen-bond acceptors (Lipinski definition) is 2. The standard InChI is InChI=1S/C13H14O2Si/c1-16-15-13(14)9-11-7-4-6-10-5-2-3-8-12(10)11/h2-8H,9,16H2,1H3. The van der Waals surface area contributed by atoms with Crippen molar-refractivity contribution >= 4 is 26.5 Å². The lowest BCUT2D eigenvalue weighted by atomic mass is 10.0. The molecule has 0 aliphatic rings. The van der Waals surface area contributed by atoms with Gasteiger partial charge in [0.2, 0.25) is 9.76 Å². The van der Waals surface area contributed by atoms with Crippen molar-refractivity contribution in [2.75, 3.05) is 0 Å². The Labute approximate surface area is 97.2 Å². The topological polar surface area (TPSA) is 26.3 Å². The first-order valence-electron chi connectivity index (χ1n) is 5.43. The molecule has 2 aromatic carbocycles. The van der Waals surface area contributed by atoms with E-state index in [-0.39, 0.29) is 5.97 Å². The van der Waals surface area contributed by atoms with E-state index in [1.807, 2.05) is 36.9 Å². The van der Waals surface area contributed by atoms with Crippen LogP contribution in [0.4, 0.5) is 0 Å². The summed E-state index contributed by atoms with van der Waals surface area (Å²) in [5.74, 6) is -0.106. The number of carbonyl (C=O) groups is 1. The second-order valence-corrected chi connectivity index (χ2v) is 4.49. The van der Waals surface area contributed by atoms with Crippen molar-refractivity contribution < 1.29 is 9.22 Å². The summed E-state index contributed by atoms with van der Waals surface area (Å²) < 4.78 is 5.09. The fraction of sp³-hybridized carbons (Fsp3) is 0.154. The van der Waals surface area contributed by atoms with Crippen molar-refractivity contribution in [3.8, 4) is 0 Å². The molecule has 2 nitrogen and oxygen atoms in total. The van der Waals surface area contributed by atoms with Gasteiger partial charge in [0.25, 0.3) is 5.97 Å². The zero-order chi connectivity index (χ0) is 11.4. The lowest BCUT2D eigenvalue weighted by Crippen LogP contribution is -2.09. The monoisotopic (exact) mass is 230 g/mol. The molecule has 0 aliphatic carbocycles. The average Bonchev–Trinajstić information content (AvgIpc) is 2.30. The molecule has 0 spiro atoms. The van der Waals surface area contributed by atoms with Gasteiger partial charge in [0.15, 0.2) is 0 Å². The molecule has 0 amide bonds. The SMILES string of the molecule is C[SiH2]OC(=O)Cc1cccc2ccccc12. The first-order valence-corrected chi connectivity index (χ1v) is 7.42. The molecular formula is C13H14O2Si. The molecule has 0 fully saturated rings. The van der Waals surface area contributed by atoms with Crippen LogP contribution >= 0.6 is 0 Å². The van der Waals surface area contributed by atoms with Crippen LogP contribution in [0.15, 0.2) is 42.5 Å². The van der Waals surface area contributed by atoms with E-state index in [2.05, 4.69) is 12.1 Å². The summed E-state index contributed by atoms with van der Waals surface area (Å²) in [6.45, 7) is 1.96. The highest BCUT2D eigenvalue weighted by atomic mass is 28.2. The molecule has 0 saturated carbocycles. The molecule has 82 valence electrons. The Hall–Kier alpha value is -1.61. The minimum Gasteiger partial charge on any atom is -0.525 e. The highest BCUT2D eigenvalue weighted by Crippen LogP contribution is 2.18. The molecule has 0 saturated heterocycles. The predicted octanol–water partition coefficient (Wildman–Crippen LogP) is 2.06. The van der Waals surface area contributed by atoms with Gasteiger partial charge >= 0.3 is 0 Å². The molecule has 0 heterocycles. The molecular weight excluding hydrogens is 216 g/mol. The van der Waals surface area contributed by atoms with Crippen LogP contribution in [0.5, 0.6) is 0 Å². The third kappa shape index (κ3) is 2.31. The molecule has 2 rings (SSSR count). The van der Waals surface area contributed by atoms with Gasteiger partial charge in [-0.25, -0.2) is 0 Å². The highest BCUT2D eigenvalue weighted by molar-refractivity contribution is 6.28. The number of carbonyl (C=O) groups excluding carboxylic acids is 1. The maximum Gasteiger partial charge on any atom is 0.296 e. The maximum atomic E-state index is 11.5. The van der Waals surface area contributed by atoms with Crippen LogP contribution in [0.2, 0.25) is 6.55 Å². The van der Waals surface area contributed by atoms with Gasteiger partial charge in [-0.3, -0.25) is 4.79 Å². The minimum absolute atomic E-state index is 0.106. The van der Waals surface area contributed by atoms with Crippen LogP contribution < -0.4 is 0 Å². The van der Waals surface area contributed by atoms with E-state index < -0.39 is 9.76 Å². The zero-order valence-corrected chi connectivity index (χ0v) is 10.7. The largest absolute Gasteiger partial charge is 0.525 e. The molecule has 16 heavy (non-hydrogen) atoms. The van der Waals surface area contributed by atoms with Crippen molar-refractivity contribution in [1.82, 2.24) is 0 Å². The van der Waals surface area contributed by atoms with Gasteiger partial charge < -0.3 is 4.43 Å². The van der Waals surface area contributed by atoms with Crippen molar-refractivity contribution in [3.63, 3.8) is 0 Å². The van der Waals surface area contributed by atoms with Gasteiger partial charge in [0.05, 0.1) is 6.42 Å². The van der Waals surface area contributed by atoms with E-state index in [0.717, 1.165) is 10.9 Å². The average molecular weight is 230 g/mol. The summed E-state index contributed by atoms with van der Waals surface area (Å²) in [7, 11) is -0.650. The Morgan fingerprint density at radius 1 is 1.19 bits per heavy atom. The predicted molar refractivity (Wildman–Crippen MR) is 68.2 cm³/mol. The van der Waals surface area contributed by atoms with Gasteiger partial charge in [-0.05, 0) is 22.9 Å². The molecule has 2 aromatic rings. The van der Waals surface area contributed by atoms with E-state index in [4.69, 9.17) is 4.43 Å². The Balaban J connectivity index is 2.33. The number of fused-ring (bicyclic) bond motifs is 1. The number of hydrogen-bond donors (Lipinski definition) is 0. The second kappa shape index (κ2) is 4.94. The van der Waals surface area contributed by atoms with Crippen molar-refractivity contribution in [3.05, 3.63) is 48.0 Å². The fourth-order valence-electron chi connectivity index (χ4n) is 1.81. The van der Waals surface area contributed by atoms with Crippen LogP contribution in [-0.4, -0.2) is 15.7 Å². The molecule has 3 heteroatoms. The van der Waals surface area contributed by atoms with E-state index in [1.54, 1.807) is 0 Å². The van der Waals surface area contributed by atoms with Gasteiger partial charge in [-0.1, -0.05) is 42.5 Å². The van der Waals surface area contributed by atoms with Crippen LogP contribution in [-0.2, 0) is 15.6 Å². The van der Waals surface area contributed by atoms with Gasteiger partial charge in [-0.15, -0.1) is 0 Å². The summed E-state index contributed by atoms with van der Waals surface area (Å²) in [4.78, 5) is 11.5. The zero-order valence-electron chi connectivity index (χ0n) is 9.27. The van der Waals surface area contributed by atoms with Crippen LogP contribution in [0, 0.1) is 0 Å². The maximum absolute atomic E-state index is 11.5. The summed E-state index contributed by atoms with van der Waals surface area (Å²) >= 11 is 0. The van der Waals surface area contributed by atoms with E-state index in [0.29, 0.717) is 6.42 Å². The quantitative estimate of drug-likeness (QED) is 0.754. The lowest BCUT2D eigenvalue weighted by molar-refractivity contribution is -0.133. The molecule has 0 N–H and O–H groups in total. The Bertz CT molecular complexity index is 503. The first kappa shape index (κ1) is 10.9. The number of rotatable bonds is 3. The molecule has 0 unspecified atom stereocenters. The van der Waals surface area contributed by atoms with Crippen molar-refractivity contribution in [1.29, 1.82) is 0 Å². The summed E-state index contributed by atoms with van der Waals surface area (Å²) in [6, 6.07) is 14.1. The summed E-state index contributed by atoms with van der Waals surface area (Å²) in [5.41, 5.74) is 1.05. The minimum atomic E-state index is -0.650. The Morgan fingerprint density at radius 3 is 2.75 bits per heavy atom. The van der Waals surface area contributed by atoms with Crippen LogP contribution in [0.25, 0.3) is 10.8 Å². The molecule has 0 aromatic heterocycles. The fourth-order valence-corrected chi connectivity index (χ4v) is 2.24. The van der Waals surface area contributed by atoms with Gasteiger partial charge in [-0.2, -0.15) is 0 Å².